The summed E-state index contributed by atoms with van der Waals surface area (Å²) in [7, 11) is 0. The predicted octanol–water partition coefficient (Wildman–Crippen LogP) is 2.15. The van der Waals surface area contributed by atoms with Crippen molar-refractivity contribution < 1.29 is 18.0 Å². The number of halogens is 3. The molecule has 18 heavy (non-hydrogen) atoms. The number of nitrogens with zero attached hydrogens (tertiary/aromatic N) is 2. The summed E-state index contributed by atoms with van der Waals surface area (Å²) in [6.07, 6.45) is 1.85. The first kappa shape index (κ1) is 12.0. The van der Waals surface area contributed by atoms with Crippen LogP contribution in [-0.2, 0) is 0 Å². The molecule has 2 aromatic rings. The molecule has 0 atom stereocenters. The van der Waals surface area contributed by atoms with Crippen molar-refractivity contribution in [2.24, 2.45) is 0 Å². The predicted molar refractivity (Wildman–Crippen MR) is 56.3 cm³/mol. The van der Waals surface area contributed by atoms with Gasteiger partial charge in [-0.05, 0) is 18.2 Å². The lowest BCUT2D eigenvalue weighted by atomic mass is 10.2. The summed E-state index contributed by atoms with van der Waals surface area (Å²) in [6, 6.07) is 3.30. The topological polar surface area (TPSA) is 54.9 Å². The average Bonchev–Trinajstić information content (AvgIpc) is 2.35. The second kappa shape index (κ2) is 4.82. The maximum atomic E-state index is 13.2. The van der Waals surface area contributed by atoms with E-state index in [4.69, 9.17) is 0 Å². The molecule has 7 heteroatoms. The highest BCUT2D eigenvalue weighted by atomic mass is 19.2. The van der Waals surface area contributed by atoms with Crippen molar-refractivity contribution in [3.63, 3.8) is 0 Å². The fraction of sp³-hybridized carbons (Fsp3) is 0. The van der Waals surface area contributed by atoms with E-state index in [1.165, 1.54) is 6.07 Å². The summed E-state index contributed by atoms with van der Waals surface area (Å²) in [4.78, 5) is 18.2. The second-order valence-corrected chi connectivity index (χ2v) is 3.28. The third kappa shape index (κ3) is 2.45. The Bertz CT molecular complexity index is 587. The van der Waals surface area contributed by atoms with Crippen LogP contribution in [0.15, 0.2) is 30.6 Å². The van der Waals surface area contributed by atoms with E-state index < -0.39 is 29.1 Å². The molecule has 0 bridgehead atoms. The van der Waals surface area contributed by atoms with Gasteiger partial charge >= 0.3 is 0 Å². The number of rotatable bonds is 2. The molecular formula is C11H6F3N3O. The first-order valence-electron chi connectivity index (χ1n) is 4.81. The lowest BCUT2D eigenvalue weighted by Gasteiger charge is -2.05. The molecular weight excluding hydrogens is 247 g/mol. The van der Waals surface area contributed by atoms with E-state index in [9.17, 15) is 18.0 Å². The SMILES string of the molecule is O=C(Nc1ccc(F)cn1)c1ccnc(F)c1F. The van der Waals surface area contributed by atoms with E-state index in [0.29, 0.717) is 0 Å². The Balaban J connectivity index is 2.22. The number of hydrogen-bond acceptors (Lipinski definition) is 3. The normalized spacial score (nSPS) is 10.2. The molecule has 0 fully saturated rings. The molecule has 0 saturated heterocycles. The van der Waals surface area contributed by atoms with E-state index in [-0.39, 0.29) is 5.82 Å². The van der Waals surface area contributed by atoms with Crippen molar-refractivity contribution in [2.75, 3.05) is 5.32 Å². The maximum absolute atomic E-state index is 13.2. The number of aromatic nitrogens is 2. The van der Waals surface area contributed by atoms with E-state index in [1.54, 1.807) is 0 Å². The van der Waals surface area contributed by atoms with Crippen LogP contribution in [0.25, 0.3) is 0 Å². The fourth-order valence-electron chi connectivity index (χ4n) is 1.23. The van der Waals surface area contributed by atoms with E-state index in [2.05, 4.69) is 15.3 Å². The smallest absolute Gasteiger partial charge is 0.260 e. The number of anilines is 1. The van der Waals surface area contributed by atoms with Gasteiger partial charge in [0.1, 0.15) is 11.6 Å². The lowest BCUT2D eigenvalue weighted by molar-refractivity contribution is 0.102. The van der Waals surface area contributed by atoms with Gasteiger partial charge in [-0.15, -0.1) is 0 Å². The van der Waals surface area contributed by atoms with E-state index in [1.807, 2.05) is 0 Å². The third-order valence-electron chi connectivity index (χ3n) is 2.06. The molecule has 0 aromatic carbocycles. The van der Waals surface area contributed by atoms with Gasteiger partial charge in [-0.1, -0.05) is 0 Å². The van der Waals surface area contributed by atoms with Gasteiger partial charge in [0.2, 0.25) is 5.95 Å². The summed E-state index contributed by atoms with van der Waals surface area (Å²) in [5, 5.41) is 2.20. The zero-order valence-electron chi connectivity index (χ0n) is 8.82. The first-order valence-corrected chi connectivity index (χ1v) is 4.81. The van der Waals surface area contributed by atoms with Gasteiger partial charge < -0.3 is 5.32 Å². The molecule has 2 rings (SSSR count). The molecule has 0 spiro atoms. The van der Waals surface area contributed by atoms with Crippen LogP contribution in [0.2, 0.25) is 0 Å². The van der Waals surface area contributed by atoms with Crippen LogP contribution in [0.1, 0.15) is 10.4 Å². The highest BCUT2D eigenvalue weighted by Gasteiger charge is 2.16. The average molecular weight is 253 g/mol. The molecule has 4 nitrogen and oxygen atoms in total. The van der Waals surface area contributed by atoms with Gasteiger partial charge in [-0.25, -0.2) is 18.7 Å². The van der Waals surface area contributed by atoms with Crippen LogP contribution in [0.3, 0.4) is 0 Å². The summed E-state index contributed by atoms with van der Waals surface area (Å²) in [6.45, 7) is 0. The van der Waals surface area contributed by atoms with Crippen molar-refractivity contribution in [1.29, 1.82) is 0 Å². The minimum atomic E-state index is -1.37. The molecule has 0 aliphatic rings. The monoisotopic (exact) mass is 253 g/mol. The highest BCUT2D eigenvalue weighted by molar-refractivity contribution is 6.03. The summed E-state index contributed by atoms with van der Waals surface area (Å²) >= 11 is 0. The van der Waals surface area contributed by atoms with Crippen LogP contribution in [0, 0.1) is 17.6 Å². The minimum Gasteiger partial charge on any atom is -0.306 e. The van der Waals surface area contributed by atoms with Gasteiger partial charge in [-0.2, -0.15) is 4.39 Å². The van der Waals surface area contributed by atoms with Crippen LogP contribution < -0.4 is 5.32 Å². The first-order chi connectivity index (χ1) is 8.58. The fourth-order valence-corrected chi connectivity index (χ4v) is 1.23. The van der Waals surface area contributed by atoms with Crippen LogP contribution in [0.4, 0.5) is 19.0 Å². The largest absolute Gasteiger partial charge is 0.306 e. The van der Waals surface area contributed by atoms with Crippen molar-refractivity contribution in [2.45, 2.75) is 0 Å². The molecule has 2 aromatic heterocycles. The third-order valence-corrected chi connectivity index (χ3v) is 2.06. The molecule has 92 valence electrons. The number of carbonyl (C=O) groups is 1. The Morgan fingerprint density at radius 3 is 2.56 bits per heavy atom. The molecule has 0 aliphatic heterocycles. The van der Waals surface area contributed by atoms with Crippen molar-refractivity contribution >= 4 is 11.7 Å². The van der Waals surface area contributed by atoms with Crippen molar-refractivity contribution in [3.05, 3.63) is 53.7 Å². The zero-order chi connectivity index (χ0) is 13.1. The second-order valence-electron chi connectivity index (χ2n) is 3.28. The number of nitrogens with one attached hydrogen (secondary N) is 1. The molecule has 0 radical (unpaired) electrons. The minimum absolute atomic E-state index is 0.0259. The summed E-state index contributed by atoms with van der Waals surface area (Å²) in [5.74, 6) is -4.16. The van der Waals surface area contributed by atoms with Crippen LogP contribution in [-0.4, -0.2) is 15.9 Å². The standard InChI is InChI=1S/C11H6F3N3O/c12-6-1-2-8(16-5-6)17-11(18)7-3-4-15-10(14)9(7)13/h1-5H,(H,16,17,18). The summed E-state index contributed by atoms with van der Waals surface area (Å²) in [5.41, 5.74) is -0.506. The number of amides is 1. The molecule has 0 unspecified atom stereocenters. The molecule has 0 saturated carbocycles. The van der Waals surface area contributed by atoms with E-state index >= 15 is 0 Å². The Morgan fingerprint density at radius 2 is 1.89 bits per heavy atom. The number of hydrogen-bond donors (Lipinski definition) is 1. The molecule has 2 heterocycles. The number of pyridine rings is 2. The Hall–Kier alpha value is -2.44. The Labute approximate surface area is 99.5 Å². The van der Waals surface area contributed by atoms with Gasteiger partial charge in [0.05, 0.1) is 11.8 Å². The van der Waals surface area contributed by atoms with Crippen molar-refractivity contribution in [3.8, 4) is 0 Å². The Morgan fingerprint density at radius 1 is 1.11 bits per heavy atom. The maximum Gasteiger partial charge on any atom is 0.260 e. The molecule has 1 N–H and O–H groups in total. The molecule has 0 aliphatic carbocycles. The summed E-state index contributed by atoms with van der Waals surface area (Å²) < 4.78 is 38.6. The van der Waals surface area contributed by atoms with Gasteiger partial charge in [-0.3, -0.25) is 4.79 Å². The highest BCUT2D eigenvalue weighted by Crippen LogP contribution is 2.11. The quantitative estimate of drug-likeness (QED) is 0.834. The van der Waals surface area contributed by atoms with Gasteiger partial charge in [0, 0.05) is 6.20 Å². The van der Waals surface area contributed by atoms with E-state index in [0.717, 1.165) is 24.5 Å². The Kier molecular flexibility index (Phi) is 3.22. The molecule has 1 amide bonds. The van der Waals surface area contributed by atoms with Gasteiger partial charge in [0.25, 0.3) is 5.91 Å². The van der Waals surface area contributed by atoms with Crippen LogP contribution in [0.5, 0.6) is 0 Å². The van der Waals surface area contributed by atoms with Crippen LogP contribution >= 0.6 is 0 Å². The lowest BCUT2D eigenvalue weighted by Crippen LogP contribution is -2.15. The van der Waals surface area contributed by atoms with Gasteiger partial charge in [0.15, 0.2) is 5.82 Å². The number of carbonyl (C=O) groups excluding carboxylic acids is 1. The van der Waals surface area contributed by atoms with Crippen molar-refractivity contribution in [1.82, 2.24) is 9.97 Å². The zero-order valence-corrected chi connectivity index (χ0v) is 8.82.